The van der Waals surface area contributed by atoms with Gasteiger partial charge in [-0.05, 0) is 33.8 Å². The molecule has 1 atom stereocenters. The summed E-state index contributed by atoms with van der Waals surface area (Å²) >= 11 is 0. The van der Waals surface area contributed by atoms with Gasteiger partial charge in [-0.2, -0.15) is 10.2 Å². The van der Waals surface area contributed by atoms with Crippen LogP contribution in [0.2, 0.25) is 0 Å². The van der Waals surface area contributed by atoms with E-state index >= 15 is 0 Å². The molecule has 0 aliphatic rings. The molecule has 2 aromatic rings. The first-order chi connectivity index (χ1) is 9.70. The third-order valence-electron chi connectivity index (χ3n) is 3.34. The Morgan fingerprint density at radius 2 is 2.05 bits per heavy atom. The summed E-state index contributed by atoms with van der Waals surface area (Å²) in [6, 6.07) is 1.66. The van der Waals surface area contributed by atoms with Crippen molar-refractivity contribution in [3.05, 3.63) is 28.8 Å². The fraction of sp³-hybridized carbons (Fsp3) is 0.538. The van der Waals surface area contributed by atoms with Crippen LogP contribution in [-0.4, -0.2) is 34.4 Å². The van der Waals surface area contributed by atoms with Gasteiger partial charge in [-0.15, -0.1) is 0 Å². The van der Waals surface area contributed by atoms with Crippen molar-refractivity contribution >= 4 is 10.0 Å². The number of hydrogen-bond acceptors (Lipinski definition) is 4. The van der Waals surface area contributed by atoms with Crippen molar-refractivity contribution < 1.29 is 8.42 Å². The van der Waals surface area contributed by atoms with Crippen molar-refractivity contribution in [2.75, 3.05) is 0 Å². The first kappa shape index (κ1) is 15.7. The normalized spacial score (nSPS) is 13.6. The van der Waals surface area contributed by atoms with Gasteiger partial charge in [-0.1, -0.05) is 0 Å². The van der Waals surface area contributed by atoms with Gasteiger partial charge in [0, 0.05) is 25.2 Å². The molecule has 2 heterocycles. The zero-order valence-corrected chi connectivity index (χ0v) is 13.7. The molecule has 7 nitrogen and oxygen atoms in total. The molecule has 1 unspecified atom stereocenters. The zero-order chi connectivity index (χ0) is 15.8. The van der Waals surface area contributed by atoms with Crippen LogP contribution in [0.1, 0.15) is 29.7 Å². The van der Waals surface area contributed by atoms with E-state index in [1.807, 2.05) is 19.9 Å². The van der Waals surface area contributed by atoms with E-state index in [-0.39, 0.29) is 10.9 Å². The van der Waals surface area contributed by atoms with Crippen LogP contribution in [0.4, 0.5) is 0 Å². The van der Waals surface area contributed by atoms with Gasteiger partial charge in [0.15, 0.2) is 0 Å². The van der Waals surface area contributed by atoms with E-state index in [2.05, 4.69) is 20.0 Å². The number of nitrogens with zero attached hydrogens (tertiary/aromatic N) is 3. The van der Waals surface area contributed by atoms with Crippen LogP contribution in [0, 0.1) is 20.8 Å². The predicted molar refractivity (Wildman–Crippen MR) is 79.5 cm³/mol. The molecule has 2 rings (SSSR count). The van der Waals surface area contributed by atoms with Gasteiger partial charge >= 0.3 is 0 Å². The topological polar surface area (TPSA) is 92.7 Å². The van der Waals surface area contributed by atoms with E-state index in [0.717, 1.165) is 11.4 Å². The second-order valence-electron chi connectivity index (χ2n) is 5.39. The standard InChI is InChI=1S/C13H21N5O2S/c1-8-6-12(15-14-8)7-9(2)17-21(19,20)13-10(3)16-18(5)11(13)4/h6,9,17H,7H2,1-5H3,(H,14,15). The molecule has 8 heteroatoms. The summed E-state index contributed by atoms with van der Waals surface area (Å²) in [7, 11) is -1.85. The maximum absolute atomic E-state index is 12.5. The highest BCUT2D eigenvalue weighted by Crippen LogP contribution is 2.19. The quantitative estimate of drug-likeness (QED) is 0.861. The van der Waals surface area contributed by atoms with Gasteiger partial charge in [0.05, 0.1) is 17.1 Å². The summed E-state index contributed by atoms with van der Waals surface area (Å²) in [5.41, 5.74) is 2.93. The summed E-state index contributed by atoms with van der Waals surface area (Å²) in [4.78, 5) is 0.259. The molecular weight excluding hydrogens is 290 g/mol. The fourth-order valence-corrected chi connectivity index (χ4v) is 4.08. The van der Waals surface area contributed by atoms with Crippen molar-refractivity contribution in [1.82, 2.24) is 24.7 Å². The van der Waals surface area contributed by atoms with E-state index in [0.29, 0.717) is 17.8 Å². The van der Waals surface area contributed by atoms with Crippen LogP contribution < -0.4 is 4.72 Å². The van der Waals surface area contributed by atoms with Crippen molar-refractivity contribution in [3.63, 3.8) is 0 Å². The fourth-order valence-electron chi connectivity index (χ4n) is 2.40. The van der Waals surface area contributed by atoms with Crippen molar-refractivity contribution in [3.8, 4) is 0 Å². The third-order valence-corrected chi connectivity index (χ3v) is 5.18. The van der Waals surface area contributed by atoms with E-state index in [1.165, 1.54) is 0 Å². The highest BCUT2D eigenvalue weighted by Gasteiger charge is 2.25. The lowest BCUT2D eigenvalue weighted by Gasteiger charge is -2.13. The molecule has 0 aliphatic heterocycles. The van der Waals surface area contributed by atoms with Crippen LogP contribution in [0.5, 0.6) is 0 Å². The highest BCUT2D eigenvalue weighted by atomic mass is 32.2. The highest BCUT2D eigenvalue weighted by molar-refractivity contribution is 7.89. The lowest BCUT2D eigenvalue weighted by molar-refractivity contribution is 0.556. The van der Waals surface area contributed by atoms with Crippen LogP contribution >= 0.6 is 0 Å². The van der Waals surface area contributed by atoms with Crippen LogP contribution in [-0.2, 0) is 23.5 Å². The Morgan fingerprint density at radius 1 is 1.38 bits per heavy atom. The summed E-state index contributed by atoms with van der Waals surface area (Å²) in [6.07, 6.45) is 0.530. The number of H-pyrrole nitrogens is 1. The second kappa shape index (κ2) is 5.61. The predicted octanol–water partition coefficient (Wildman–Crippen LogP) is 0.978. The number of aromatic amines is 1. The number of sulfonamides is 1. The van der Waals surface area contributed by atoms with E-state index in [4.69, 9.17) is 0 Å². The first-order valence-electron chi connectivity index (χ1n) is 6.74. The van der Waals surface area contributed by atoms with Crippen LogP contribution in [0.25, 0.3) is 0 Å². The van der Waals surface area contributed by atoms with Gasteiger partial charge in [-0.25, -0.2) is 13.1 Å². The average Bonchev–Trinajstić information content (AvgIpc) is 2.83. The third kappa shape index (κ3) is 3.33. The largest absolute Gasteiger partial charge is 0.283 e. The lowest BCUT2D eigenvalue weighted by Crippen LogP contribution is -2.34. The van der Waals surface area contributed by atoms with Crippen LogP contribution in [0.3, 0.4) is 0 Å². The number of nitrogens with one attached hydrogen (secondary N) is 2. The van der Waals surface area contributed by atoms with E-state index in [9.17, 15) is 8.42 Å². The Kier molecular flexibility index (Phi) is 4.20. The second-order valence-corrected chi connectivity index (χ2v) is 7.04. The Morgan fingerprint density at radius 3 is 2.52 bits per heavy atom. The molecule has 0 bridgehead atoms. The Bertz CT molecular complexity index is 745. The molecule has 0 radical (unpaired) electrons. The minimum Gasteiger partial charge on any atom is -0.283 e. The molecule has 0 aromatic carbocycles. The van der Waals surface area contributed by atoms with Gasteiger partial charge < -0.3 is 0 Å². The van der Waals surface area contributed by atoms with Gasteiger partial charge in [0.2, 0.25) is 10.0 Å². The number of aromatic nitrogens is 4. The summed E-state index contributed by atoms with van der Waals surface area (Å²) in [6.45, 7) is 7.18. The van der Waals surface area contributed by atoms with Gasteiger partial charge in [0.25, 0.3) is 0 Å². The SMILES string of the molecule is Cc1cc(CC(C)NS(=O)(=O)c2c(C)nn(C)c2C)n[nH]1. The monoisotopic (exact) mass is 311 g/mol. The summed E-state index contributed by atoms with van der Waals surface area (Å²) in [5.74, 6) is 0. The first-order valence-corrected chi connectivity index (χ1v) is 8.22. The number of hydrogen-bond donors (Lipinski definition) is 2. The number of rotatable bonds is 5. The smallest absolute Gasteiger partial charge is 0.244 e. The lowest BCUT2D eigenvalue weighted by atomic mass is 10.2. The zero-order valence-electron chi connectivity index (χ0n) is 12.9. The minimum atomic E-state index is -3.58. The minimum absolute atomic E-state index is 0.253. The van der Waals surface area contributed by atoms with Crippen LogP contribution in [0.15, 0.2) is 11.0 Å². The maximum atomic E-state index is 12.5. The number of aryl methyl sites for hydroxylation is 3. The molecular formula is C13H21N5O2S. The van der Waals surface area contributed by atoms with Crippen molar-refractivity contribution in [2.24, 2.45) is 7.05 Å². The molecule has 2 N–H and O–H groups in total. The molecule has 2 aromatic heterocycles. The molecule has 0 aliphatic carbocycles. The van der Waals surface area contributed by atoms with Crippen molar-refractivity contribution in [2.45, 2.75) is 45.1 Å². The molecule has 116 valence electrons. The van der Waals surface area contributed by atoms with E-state index in [1.54, 1.807) is 25.6 Å². The van der Waals surface area contributed by atoms with Gasteiger partial charge in [-0.3, -0.25) is 9.78 Å². The Balaban J connectivity index is 2.17. The molecule has 0 amide bonds. The molecule has 0 saturated carbocycles. The Labute approximate surface area is 124 Å². The molecule has 0 saturated heterocycles. The average molecular weight is 311 g/mol. The summed E-state index contributed by atoms with van der Waals surface area (Å²) < 4.78 is 29.3. The molecule has 0 fully saturated rings. The molecule has 21 heavy (non-hydrogen) atoms. The van der Waals surface area contributed by atoms with Crippen molar-refractivity contribution in [1.29, 1.82) is 0 Å². The van der Waals surface area contributed by atoms with E-state index < -0.39 is 10.0 Å². The summed E-state index contributed by atoms with van der Waals surface area (Å²) in [5, 5.41) is 11.1. The molecule has 0 spiro atoms. The van der Waals surface area contributed by atoms with Gasteiger partial charge in [0.1, 0.15) is 4.90 Å². The maximum Gasteiger partial charge on any atom is 0.244 e. The Hall–Kier alpha value is -1.67.